The predicted octanol–water partition coefficient (Wildman–Crippen LogP) is 3.33. The molecule has 3 heteroatoms. The second kappa shape index (κ2) is 3.49. The number of aromatic amines is 1. The number of imidazole rings is 1. The van der Waals surface area contributed by atoms with Crippen LogP contribution in [0.3, 0.4) is 0 Å². The monoisotopic (exact) mass is 262 g/mol. The summed E-state index contributed by atoms with van der Waals surface area (Å²) < 4.78 is 0.959. The summed E-state index contributed by atoms with van der Waals surface area (Å²) in [6, 6.07) is 6.66. The highest BCUT2D eigenvalue weighted by atomic mass is 79.9. The molecule has 0 bridgehead atoms. The number of hydrogen-bond acceptors (Lipinski definition) is 1. The molecular formula is C12H11BrN2. The largest absolute Gasteiger partial charge is 0.339 e. The van der Waals surface area contributed by atoms with Crippen LogP contribution in [-0.4, -0.2) is 9.97 Å². The van der Waals surface area contributed by atoms with Gasteiger partial charge in [-0.25, -0.2) is 4.98 Å². The molecule has 0 radical (unpaired) electrons. The molecule has 1 aliphatic rings. The average molecular weight is 263 g/mol. The minimum Gasteiger partial charge on any atom is -0.339 e. The number of aromatic nitrogens is 2. The van der Waals surface area contributed by atoms with Crippen LogP contribution < -0.4 is 0 Å². The third-order valence-electron chi connectivity index (χ3n) is 2.96. The number of hydrogen-bond donors (Lipinski definition) is 1. The van der Waals surface area contributed by atoms with Crippen molar-refractivity contribution in [1.29, 1.82) is 0 Å². The summed E-state index contributed by atoms with van der Waals surface area (Å²) in [7, 11) is 0. The highest BCUT2D eigenvalue weighted by Crippen LogP contribution is 2.29. The highest BCUT2D eigenvalue weighted by molar-refractivity contribution is 9.10. The topological polar surface area (TPSA) is 28.7 Å². The Morgan fingerprint density at radius 2 is 2.07 bits per heavy atom. The molecule has 3 rings (SSSR count). The van der Waals surface area contributed by atoms with Crippen LogP contribution in [0.25, 0.3) is 11.3 Å². The van der Waals surface area contributed by atoms with Gasteiger partial charge in [0.15, 0.2) is 0 Å². The molecule has 76 valence electrons. The maximum atomic E-state index is 4.31. The molecule has 1 N–H and O–H groups in total. The van der Waals surface area contributed by atoms with Gasteiger partial charge in [-0.05, 0) is 52.4 Å². The van der Waals surface area contributed by atoms with E-state index in [0.29, 0.717) is 0 Å². The molecule has 0 atom stereocenters. The van der Waals surface area contributed by atoms with Gasteiger partial charge in [-0.2, -0.15) is 0 Å². The lowest BCUT2D eigenvalue weighted by Gasteiger charge is -2.02. The van der Waals surface area contributed by atoms with Crippen LogP contribution >= 0.6 is 15.9 Å². The zero-order chi connectivity index (χ0) is 10.3. The van der Waals surface area contributed by atoms with Gasteiger partial charge in [0.1, 0.15) is 10.3 Å². The van der Waals surface area contributed by atoms with Crippen LogP contribution in [0.15, 0.2) is 29.1 Å². The van der Waals surface area contributed by atoms with E-state index in [1.54, 1.807) is 6.33 Å². The fourth-order valence-corrected chi connectivity index (χ4v) is 2.63. The molecule has 1 heterocycles. The smallest absolute Gasteiger partial charge is 0.110 e. The fraction of sp³-hybridized carbons (Fsp3) is 0.250. The van der Waals surface area contributed by atoms with Crippen LogP contribution in [0.5, 0.6) is 0 Å². The van der Waals surface area contributed by atoms with Gasteiger partial charge in [-0.3, -0.25) is 0 Å². The van der Waals surface area contributed by atoms with Crippen LogP contribution in [0.1, 0.15) is 17.5 Å². The molecule has 1 aromatic heterocycles. The van der Waals surface area contributed by atoms with Crippen molar-refractivity contribution < 1.29 is 0 Å². The summed E-state index contributed by atoms with van der Waals surface area (Å²) in [6.45, 7) is 0. The summed E-state index contributed by atoms with van der Waals surface area (Å²) >= 11 is 3.47. The number of rotatable bonds is 1. The van der Waals surface area contributed by atoms with E-state index in [4.69, 9.17) is 0 Å². The summed E-state index contributed by atoms with van der Waals surface area (Å²) in [5.74, 6) is 0. The maximum Gasteiger partial charge on any atom is 0.110 e. The fourth-order valence-electron chi connectivity index (χ4n) is 2.20. The van der Waals surface area contributed by atoms with E-state index in [2.05, 4.69) is 44.1 Å². The first-order chi connectivity index (χ1) is 7.34. The molecule has 0 saturated heterocycles. The molecule has 0 unspecified atom stereocenters. The molecule has 0 saturated carbocycles. The minimum atomic E-state index is 0.959. The number of nitrogens with zero attached hydrogens (tertiary/aromatic N) is 1. The van der Waals surface area contributed by atoms with Crippen molar-refractivity contribution in [3.8, 4) is 11.3 Å². The van der Waals surface area contributed by atoms with Crippen LogP contribution in [0, 0.1) is 0 Å². The van der Waals surface area contributed by atoms with Gasteiger partial charge in [0.25, 0.3) is 0 Å². The first-order valence-electron chi connectivity index (χ1n) is 5.15. The number of benzene rings is 1. The number of aryl methyl sites for hydroxylation is 2. The Morgan fingerprint density at radius 1 is 1.20 bits per heavy atom. The first-order valence-corrected chi connectivity index (χ1v) is 5.95. The number of halogens is 1. The molecule has 1 aliphatic carbocycles. The van der Waals surface area contributed by atoms with Gasteiger partial charge in [-0.1, -0.05) is 12.1 Å². The number of H-pyrrole nitrogens is 1. The number of nitrogens with one attached hydrogen (secondary N) is 1. The van der Waals surface area contributed by atoms with Crippen molar-refractivity contribution in [3.05, 3.63) is 40.3 Å². The van der Waals surface area contributed by atoms with Gasteiger partial charge in [-0.15, -0.1) is 0 Å². The molecule has 1 aromatic carbocycles. The van der Waals surface area contributed by atoms with E-state index in [0.717, 1.165) is 10.3 Å². The molecule has 0 amide bonds. The lowest BCUT2D eigenvalue weighted by Crippen LogP contribution is -1.85. The van der Waals surface area contributed by atoms with Crippen molar-refractivity contribution in [2.45, 2.75) is 19.3 Å². The SMILES string of the molecule is Brc1[nH]cnc1-c1ccc2c(c1)CCC2. The third kappa shape index (κ3) is 1.51. The van der Waals surface area contributed by atoms with E-state index < -0.39 is 0 Å². The van der Waals surface area contributed by atoms with E-state index in [-0.39, 0.29) is 0 Å². The van der Waals surface area contributed by atoms with Crippen LogP contribution in [-0.2, 0) is 12.8 Å². The van der Waals surface area contributed by atoms with E-state index >= 15 is 0 Å². The normalized spacial score (nSPS) is 14.2. The summed E-state index contributed by atoms with van der Waals surface area (Å²) in [4.78, 5) is 7.35. The molecule has 0 fully saturated rings. The first kappa shape index (κ1) is 9.16. The summed E-state index contributed by atoms with van der Waals surface area (Å²) in [5, 5.41) is 0. The minimum absolute atomic E-state index is 0.959. The Balaban J connectivity index is 2.11. The lowest BCUT2D eigenvalue weighted by atomic mass is 10.1. The van der Waals surface area contributed by atoms with Crippen molar-refractivity contribution >= 4 is 15.9 Å². The van der Waals surface area contributed by atoms with Crippen molar-refractivity contribution in [2.75, 3.05) is 0 Å². The Hall–Kier alpha value is -1.09. The Labute approximate surface area is 96.9 Å². The van der Waals surface area contributed by atoms with Gasteiger partial charge in [0.2, 0.25) is 0 Å². The molecular weight excluding hydrogens is 252 g/mol. The Kier molecular flexibility index (Phi) is 2.13. The molecule has 2 aromatic rings. The second-order valence-electron chi connectivity index (χ2n) is 3.90. The molecule has 0 spiro atoms. The Bertz CT molecular complexity index is 502. The highest BCUT2D eigenvalue weighted by Gasteiger charge is 2.13. The van der Waals surface area contributed by atoms with Gasteiger partial charge < -0.3 is 4.98 Å². The maximum absolute atomic E-state index is 4.31. The molecule has 0 aliphatic heterocycles. The van der Waals surface area contributed by atoms with Gasteiger partial charge in [0.05, 0.1) is 6.33 Å². The van der Waals surface area contributed by atoms with Crippen LogP contribution in [0.2, 0.25) is 0 Å². The molecule has 15 heavy (non-hydrogen) atoms. The zero-order valence-electron chi connectivity index (χ0n) is 8.26. The zero-order valence-corrected chi connectivity index (χ0v) is 9.84. The summed E-state index contributed by atoms with van der Waals surface area (Å²) in [6.07, 6.45) is 5.45. The molecule has 2 nitrogen and oxygen atoms in total. The average Bonchev–Trinajstić information content (AvgIpc) is 2.84. The summed E-state index contributed by atoms with van der Waals surface area (Å²) in [5.41, 5.74) is 5.20. The second-order valence-corrected chi connectivity index (χ2v) is 4.70. The van der Waals surface area contributed by atoms with E-state index in [1.165, 1.54) is 36.0 Å². The predicted molar refractivity (Wildman–Crippen MR) is 63.7 cm³/mol. The van der Waals surface area contributed by atoms with Gasteiger partial charge in [0, 0.05) is 5.56 Å². The van der Waals surface area contributed by atoms with Crippen molar-refractivity contribution in [1.82, 2.24) is 9.97 Å². The Morgan fingerprint density at radius 3 is 2.87 bits per heavy atom. The number of fused-ring (bicyclic) bond motifs is 1. The van der Waals surface area contributed by atoms with Gasteiger partial charge >= 0.3 is 0 Å². The van der Waals surface area contributed by atoms with E-state index in [1.807, 2.05) is 0 Å². The van der Waals surface area contributed by atoms with E-state index in [9.17, 15) is 0 Å². The van der Waals surface area contributed by atoms with Crippen LogP contribution in [0.4, 0.5) is 0 Å². The van der Waals surface area contributed by atoms with Crippen molar-refractivity contribution in [3.63, 3.8) is 0 Å². The standard InChI is InChI=1S/C12H11BrN2/c13-12-11(14-7-15-12)10-5-4-8-2-1-3-9(8)6-10/h4-7H,1-3H2,(H,14,15). The lowest BCUT2D eigenvalue weighted by molar-refractivity contribution is 0.912. The van der Waals surface area contributed by atoms with Crippen molar-refractivity contribution in [2.24, 2.45) is 0 Å². The third-order valence-corrected chi connectivity index (χ3v) is 3.57. The quantitative estimate of drug-likeness (QED) is 0.839.